The van der Waals surface area contributed by atoms with E-state index in [2.05, 4.69) is 36.7 Å². The van der Waals surface area contributed by atoms with Gasteiger partial charge in [-0.25, -0.2) is 4.39 Å². The summed E-state index contributed by atoms with van der Waals surface area (Å²) in [5, 5.41) is 9.31. The van der Waals surface area contributed by atoms with E-state index >= 15 is 4.39 Å². The van der Waals surface area contributed by atoms with Gasteiger partial charge in [0.05, 0.1) is 11.7 Å². The number of carbonyl (C=O) groups is 2. The number of fused-ring (bicyclic) bond motifs is 1. The summed E-state index contributed by atoms with van der Waals surface area (Å²) in [7, 11) is 1.53. The fourth-order valence-electron chi connectivity index (χ4n) is 9.33. The number of halogens is 1. The zero-order valence-corrected chi connectivity index (χ0v) is 24.7. The van der Waals surface area contributed by atoms with Gasteiger partial charge in [0.25, 0.3) is 0 Å². The van der Waals surface area contributed by atoms with E-state index in [9.17, 15) is 9.59 Å². The van der Waals surface area contributed by atoms with Crippen molar-refractivity contribution in [1.29, 1.82) is 0 Å². The molecule has 1 aliphatic heterocycles. The Kier molecular flexibility index (Phi) is 7.04. The molecule has 5 aliphatic carbocycles. The standard InChI is InChI=1S/C29H49BFN3O4/c1-16(35)33-29(25(36)34-26(2,3)4)15-17-12-20(32-8)24(31)23(17)19(29)10-9-11-30-37-22-14-18-13-21(27(18,5)6)28(22,7)38-30/h17-24,32H,9-15H2,1-8H3,(H,33,35)(H,34,36)/t17-,18+,19+,20+,21+,22-,23-,24+,28+,29+/m1/s1. The molecule has 38 heavy (non-hydrogen) atoms. The molecule has 0 unspecified atom stereocenters. The molecule has 0 spiro atoms. The van der Waals surface area contributed by atoms with Crippen LogP contribution >= 0.6 is 0 Å². The van der Waals surface area contributed by atoms with E-state index in [-0.39, 0.29) is 54.4 Å². The number of alkyl halides is 1. The van der Waals surface area contributed by atoms with Gasteiger partial charge in [-0.05, 0) is 102 Å². The van der Waals surface area contributed by atoms with E-state index in [1.165, 1.54) is 13.3 Å². The summed E-state index contributed by atoms with van der Waals surface area (Å²) >= 11 is 0. The van der Waals surface area contributed by atoms with Crippen molar-refractivity contribution in [2.75, 3.05) is 7.05 Å². The highest BCUT2D eigenvalue weighted by atomic mass is 19.1. The molecule has 10 atom stereocenters. The number of carbonyl (C=O) groups excluding carboxylic acids is 2. The first-order chi connectivity index (χ1) is 17.6. The minimum atomic E-state index is -1.11. The van der Waals surface area contributed by atoms with Crippen molar-refractivity contribution >= 4 is 18.9 Å². The molecule has 0 aromatic heterocycles. The number of rotatable bonds is 7. The highest BCUT2D eigenvalue weighted by molar-refractivity contribution is 6.45. The Morgan fingerprint density at radius 2 is 1.84 bits per heavy atom. The predicted molar refractivity (Wildman–Crippen MR) is 146 cm³/mol. The van der Waals surface area contributed by atoms with Gasteiger partial charge in [-0.1, -0.05) is 20.3 Å². The summed E-state index contributed by atoms with van der Waals surface area (Å²) in [5.74, 6) is 0.243. The summed E-state index contributed by atoms with van der Waals surface area (Å²) in [6.45, 7) is 14.2. The Labute approximate surface area is 228 Å². The van der Waals surface area contributed by atoms with Crippen LogP contribution in [-0.4, -0.2) is 61.0 Å². The van der Waals surface area contributed by atoms with Crippen LogP contribution in [0.3, 0.4) is 0 Å². The minimum Gasteiger partial charge on any atom is -0.405 e. The highest BCUT2D eigenvalue weighted by Gasteiger charge is 2.68. The average molecular weight is 534 g/mol. The molecular formula is C29H49BFN3O4. The van der Waals surface area contributed by atoms with Crippen LogP contribution < -0.4 is 16.0 Å². The maximum absolute atomic E-state index is 15.8. The van der Waals surface area contributed by atoms with E-state index in [1.54, 1.807) is 7.05 Å². The quantitative estimate of drug-likeness (QED) is 0.433. The lowest BCUT2D eigenvalue weighted by molar-refractivity contribution is -0.199. The van der Waals surface area contributed by atoms with Gasteiger partial charge >= 0.3 is 7.12 Å². The lowest BCUT2D eigenvalue weighted by Gasteiger charge is -2.64. The van der Waals surface area contributed by atoms with Crippen molar-refractivity contribution in [3.05, 3.63) is 0 Å². The van der Waals surface area contributed by atoms with Crippen molar-refractivity contribution in [2.24, 2.45) is 35.0 Å². The monoisotopic (exact) mass is 533 g/mol. The van der Waals surface area contributed by atoms with Gasteiger partial charge in [-0.2, -0.15) is 0 Å². The second-order valence-corrected chi connectivity index (χ2v) is 14.9. The van der Waals surface area contributed by atoms with E-state index in [1.807, 2.05) is 20.8 Å². The SMILES string of the molecule is CN[C@H]1C[C@@H]2C[C@@](NC(C)=O)(C(=O)NC(C)(C)C)[C@@H](CCCB3O[C@@H]4C[C@@H]5C[C@@H](C5(C)C)[C@]4(C)O3)[C@@H]2[C@H]1F. The molecule has 3 N–H and O–H groups in total. The fraction of sp³-hybridized carbons (Fsp3) is 0.931. The van der Waals surface area contributed by atoms with Crippen molar-refractivity contribution in [1.82, 2.24) is 16.0 Å². The highest BCUT2D eigenvalue weighted by Crippen LogP contribution is 2.66. The average Bonchev–Trinajstić information content (AvgIpc) is 3.40. The zero-order chi connectivity index (χ0) is 27.8. The molecule has 5 saturated carbocycles. The van der Waals surface area contributed by atoms with Crippen LogP contribution in [0, 0.1) is 35.0 Å². The van der Waals surface area contributed by atoms with Gasteiger partial charge in [0.15, 0.2) is 0 Å². The van der Waals surface area contributed by atoms with Crippen LogP contribution in [0.4, 0.5) is 4.39 Å². The van der Waals surface area contributed by atoms with Crippen LogP contribution in [0.1, 0.15) is 87.0 Å². The van der Waals surface area contributed by atoms with E-state index < -0.39 is 17.2 Å². The maximum atomic E-state index is 15.8. The first-order valence-electron chi connectivity index (χ1n) is 14.9. The second-order valence-electron chi connectivity index (χ2n) is 14.9. The minimum absolute atomic E-state index is 0.0415. The Morgan fingerprint density at radius 1 is 1.13 bits per heavy atom. The van der Waals surface area contributed by atoms with Crippen molar-refractivity contribution in [2.45, 2.75) is 128 Å². The lowest BCUT2D eigenvalue weighted by Crippen LogP contribution is -2.65. The largest absolute Gasteiger partial charge is 0.457 e. The van der Waals surface area contributed by atoms with Crippen LogP contribution in [0.5, 0.6) is 0 Å². The van der Waals surface area contributed by atoms with Gasteiger partial charge in [-0.15, -0.1) is 0 Å². The van der Waals surface area contributed by atoms with Gasteiger partial charge in [0, 0.05) is 24.4 Å². The first-order valence-corrected chi connectivity index (χ1v) is 14.9. The van der Waals surface area contributed by atoms with Gasteiger partial charge in [-0.3, -0.25) is 9.59 Å². The molecule has 6 aliphatic rings. The number of amides is 2. The normalized spacial score (nSPS) is 44.8. The molecule has 9 heteroatoms. The number of hydrogen-bond acceptors (Lipinski definition) is 5. The van der Waals surface area contributed by atoms with Crippen LogP contribution in [-0.2, 0) is 18.9 Å². The smallest absolute Gasteiger partial charge is 0.405 e. The summed E-state index contributed by atoms with van der Waals surface area (Å²) in [6.07, 6.45) is 4.59. The molecule has 214 valence electrons. The van der Waals surface area contributed by atoms with Crippen molar-refractivity contribution < 1.29 is 23.3 Å². The molecule has 2 bridgehead atoms. The summed E-state index contributed by atoms with van der Waals surface area (Å²) in [4.78, 5) is 26.3. The third-order valence-electron chi connectivity index (χ3n) is 11.2. The van der Waals surface area contributed by atoms with E-state index in [0.717, 1.165) is 12.8 Å². The Balaban J connectivity index is 1.33. The third-order valence-corrected chi connectivity index (χ3v) is 11.2. The van der Waals surface area contributed by atoms with Crippen LogP contribution in [0.2, 0.25) is 6.32 Å². The summed E-state index contributed by atoms with van der Waals surface area (Å²) in [6, 6.07) is -0.215. The molecule has 6 fully saturated rings. The van der Waals surface area contributed by atoms with Crippen molar-refractivity contribution in [3.63, 3.8) is 0 Å². The predicted octanol–water partition coefficient (Wildman–Crippen LogP) is 3.87. The number of nitrogens with one attached hydrogen (secondary N) is 3. The van der Waals surface area contributed by atoms with Crippen LogP contribution in [0.25, 0.3) is 0 Å². The molecule has 1 saturated heterocycles. The molecule has 6 rings (SSSR count). The number of hydrogen-bond donors (Lipinski definition) is 3. The first kappa shape index (κ1) is 28.3. The lowest BCUT2D eigenvalue weighted by atomic mass is 9.43. The van der Waals surface area contributed by atoms with E-state index in [4.69, 9.17) is 9.31 Å². The third kappa shape index (κ3) is 4.43. The Morgan fingerprint density at radius 3 is 2.45 bits per heavy atom. The Hall–Kier alpha value is -1.19. The summed E-state index contributed by atoms with van der Waals surface area (Å²) in [5.41, 5.74) is -1.52. The zero-order valence-electron chi connectivity index (χ0n) is 24.7. The maximum Gasteiger partial charge on any atom is 0.457 e. The van der Waals surface area contributed by atoms with Gasteiger partial charge < -0.3 is 25.3 Å². The summed E-state index contributed by atoms with van der Waals surface area (Å²) < 4.78 is 28.9. The van der Waals surface area contributed by atoms with Crippen LogP contribution in [0.15, 0.2) is 0 Å². The van der Waals surface area contributed by atoms with Gasteiger partial charge in [0.2, 0.25) is 11.8 Å². The molecule has 0 radical (unpaired) electrons. The topological polar surface area (TPSA) is 88.7 Å². The molecule has 1 heterocycles. The second kappa shape index (κ2) is 9.44. The van der Waals surface area contributed by atoms with Crippen molar-refractivity contribution in [3.8, 4) is 0 Å². The van der Waals surface area contributed by atoms with Gasteiger partial charge in [0.1, 0.15) is 11.7 Å². The van der Waals surface area contributed by atoms with E-state index in [0.29, 0.717) is 42.8 Å². The molecular weight excluding hydrogens is 484 g/mol. The molecule has 7 nitrogen and oxygen atoms in total. The molecule has 2 amide bonds. The fourth-order valence-corrected chi connectivity index (χ4v) is 9.33. The molecule has 0 aromatic rings. The Bertz CT molecular complexity index is 959. The molecule has 0 aromatic carbocycles.